The molecule has 0 aliphatic carbocycles. The molecule has 1 aromatic carbocycles. The first kappa shape index (κ1) is 13.6. The highest BCUT2D eigenvalue weighted by molar-refractivity contribution is 9.10. The molecule has 4 N–H and O–H groups in total. The number of nitrogen functional groups attached to an aromatic ring is 1. The van der Waals surface area contributed by atoms with Crippen LogP contribution in [0.4, 0.5) is 11.4 Å². The van der Waals surface area contributed by atoms with E-state index >= 15 is 0 Å². The number of nitrogens with zero attached hydrogens (tertiary/aromatic N) is 1. The van der Waals surface area contributed by atoms with E-state index in [1.807, 2.05) is 26.0 Å². The molecule has 0 radical (unpaired) electrons. The van der Waals surface area contributed by atoms with Gasteiger partial charge in [-0.2, -0.15) is 5.10 Å². The van der Waals surface area contributed by atoms with E-state index in [-0.39, 0.29) is 11.6 Å². The van der Waals surface area contributed by atoms with Crippen molar-refractivity contribution in [1.82, 2.24) is 10.2 Å². The number of aryl methyl sites for hydroxylation is 3. The van der Waals surface area contributed by atoms with E-state index < -0.39 is 0 Å². The topological polar surface area (TPSA) is 83.8 Å². The summed E-state index contributed by atoms with van der Waals surface area (Å²) in [5.41, 5.74) is 9.89. The lowest BCUT2D eigenvalue weighted by molar-refractivity contribution is 0.102. The van der Waals surface area contributed by atoms with Crippen LogP contribution in [0.25, 0.3) is 0 Å². The fourth-order valence-electron chi connectivity index (χ4n) is 1.86. The maximum atomic E-state index is 12.1. The molecule has 1 heterocycles. The molecule has 2 rings (SSSR count). The molecule has 2 aromatic rings. The van der Waals surface area contributed by atoms with Gasteiger partial charge in [0.25, 0.3) is 5.91 Å². The average molecular weight is 323 g/mol. The summed E-state index contributed by atoms with van der Waals surface area (Å²) in [4.78, 5) is 12.1. The molecule has 1 aromatic heterocycles. The van der Waals surface area contributed by atoms with E-state index in [9.17, 15) is 4.79 Å². The number of H-pyrrole nitrogens is 1. The molecule has 0 unspecified atom stereocenters. The van der Waals surface area contributed by atoms with E-state index in [2.05, 4.69) is 31.4 Å². The average Bonchev–Trinajstić information content (AvgIpc) is 2.64. The Balaban J connectivity index is 2.32. The smallest absolute Gasteiger partial charge is 0.278 e. The molecule has 0 saturated carbocycles. The zero-order chi connectivity index (χ0) is 14.2. The third-order valence-corrected chi connectivity index (χ3v) is 3.51. The van der Waals surface area contributed by atoms with Gasteiger partial charge in [0, 0.05) is 4.47 Å². The van der Waals surface area contributed by atoms with Crippen molar-refractivity contribution in [2.45, 2.75) is 20.8 Å². The quantitative estimate of drug-likeness (QED) is 0.794. The molecule has 100 valence electrons. The maximum absolute atomic E-state index is 12.1. The Kier molecular flexibility index (Phi) is 3.61. The Morgan fingerprint density at radius 2 is 2.05 bits per heavy atom. The Morgan fingerprint density at radius 1 is 1.37 bits per heavy atom. The van der Waals surface area contributed by atoms with Gasteiger partial charge >= 0.3 is 0 Å². The minimum atomic E-state index is -0.325. The van der Waals surface area contributed by atoms with E-state index in [0.29, 0.717) is 11.4 Å². The molecule has 0 aliphatic heterocycles. The highest BCUT2D eigenvalue weighted by Crippen LogP contribution is 2.28. The van der Waals surface area contributed by atoms with Crippen LogP contribution >= 0.6 is 15.9 Å². The lowest BCUT2D eigenvalue weighted by atomic mass is 10.1. The van der Waals surface area contributed by atoms with Crippen LogP contribution in [0.5, 0.6) is 0 Å². The molecular formula is C13H15BrN4O. The molecule has 0 spiro atoms. The molecule has 0 aliphatic rings. The molecule has 19 heavy (non-hydrogen) atoms. The van der Waals surface area contributed by atoms with Crippen LogP contribution in [-0.4, -0.2) is 16.1 Å². The predicted molar refractivity (Wildman–Crippen MR) is 79.3 cm³/mol. The Labute approximate surface area is 119 Å². The first-order chi connectivity index (χ1) is 8.90. The number of hydrogen-bond acceptors (Lipinski definition) is 3. The summed E-state index contributed by atoms with van der Waals surface area (Å²) in [5, 5.41) is 9.43. The van der Waals surface area contributed by atoms with Gasteiger partial charge in [-0.25, -0.2) is 0 Å². The Bertz CT molecular complexity index is 625. The number of rotatable bonds is 2. The second-order valence-corrected chi connectivity index (χ2v) is 5.36. The lowest BCUT2D eigenvalue weighted by Gasteiger charge is -2.11. The minimum absolute atomic E-state index is 0.212. The van der Waals surface area contributed by atoms with Crippen LogP contribution in [0.2, 0.25) is 0 Å². The predicted octanol–water partition coefficient (Wildman–Crippen LogP) is 2.93. The monoisotopic (exact) mass is 322 g/mol. The molecule has 5 nitrogen and oxygen atoms in total. The van der Waals surface area contributed by atoms with Crippen molar-refractivity contribution >= 4 is 33.2 Å². The summed E-state index contributed by atoms with van der Waals surface area (Å²) in [5.74, 6) is -0.325. The van der Waals surface area contributed by atoms with E-state index in [1.165, 1.54) is 0 Å². The van der Waals surface area contributed by atoms with Crippen molar-refractivity contribution < 1.29 is 4.79 Å². The van der Waals surface area contributed by atoms with Gasteiger partial charge in [0.1, 0.15) is 0 Å². The van der Waals surface area contributed by atoms with E-state index in [0.717, 1.165) is 21.3 Å². The minimum Gasteiger partial charge on any atom is -0.395 e. The summed E-state index contributed by atoms with van der Waals surface area (Å²) in [6.45, 7) is 5.71. The van der Waals surface area contributed by atoms with E-state index in [1.54, 1.807) is 6.92 Å². The second kappa shape index (κ2) is 5.05. The third-order valence-electron chi connectivity index (χ3n) is 2.88. The number of hydrogen-bond donors (Lipinski definition) is 3. The van der Waals surface area contributed by atoms with Crippen LogP contribution in [0.15, 0.2) is 16.6 Å². The molecule has 6 heteroatoms. The number of halogens is 1. The number of nitrogens with one attached hydrogen (secondary N) is 2. The van der Waals surface area contributed by atoms with Crippen molar-refractivity contribution in [2.24, 2.45) is 0 Å². The number of carbonyl (C=O) groups is 1. The number of aromatic amines is 1. The van der Waals surface area contributed by atoms with Crippen molar-refractivity contribution in [3.63, 3.8) is 0 Å². The van der Waals surface area contributed by atoms with E-state index in [4.69, 9.17) is 5.73 Å². The van der Waals surface area contributed by atoms with Gasteiger partial charge in [-0.1, -0.05) is 6.07 Å². The highest BCUT2D eigenvalue weighted by Gasteiger charge is 2.17. The fourth-order valence-corrected chi connectivity index (χ4v) is 2.63. The SMILES string of the molecule is Cc1cc(C)c(NC(=O)c2n[nH]c(C)c2N)c(Br)c1. The molecule has 0 bridgehead atoms. The zero-order valence-corrected chi connectivity index (χ0v) is 12.6. The summed E-state index contributed by atoms with van der Waals surface area (Å²) in [6, 6.07) is 3.95. The number of carbonyl (C=O) groups excluding carboxylic acids is 1. The molecule has 0 fully saturated rings. The standard InChI is InChI=1S/C13H15BrN4O/c1-6-4-7(2)11(9(14)5-6)16-13(19)12-10(15)8(3)17-18-12/h4-5H,15H2,1-3H3,(H,16,19)(H,17,18). The normalized spacial score (nSPS) is 10.5. The zero-order valence-electron chi connectivity index (χ0n) is 11.0. The summed E-state index contributed by atoms with van der Waals surface area (Å²) >= 11 is 3.45. The van der Waals surface area contributed by atoms with Gasteiger partial charge in [0.05, 0.1) is 17.1 Å². The first-order valence-corrected chi connectivity index (χ1v) is 6.58. The summed E-state index contributed by atoms with van der Waals surface area (Å²) < 4.78 is 0.837. The second-order valence-electron chi connectivity index (χ2n) is 4.50. The lowest BCUT2D eigenvalue weighted by Crippen LogP contribution is -2.15. The summed E-state index contributed by atoms with van der Waals surface area (Å²) in [7, 11) is 0. The number of nitrogens with two attached hydrogens (primary N) is 1. The number of amides is 1. The fraction of sp³-hybridized carbons (Fsp3) is 0.231. The molecule has 0 atom stereocenters. The van der Waals surface area contributed by atoms with Crippen LogP contribution in [-0.2, 0) is 0 Å². The number of anilines is 2. The number of benzene rings is 1. The summed E-state index contributed by atoms with van der Waals surface area (Å²) in [6.07, 6.45) is 0. The van der Waals surface area contributed by atoms with Gasteiger partial charge in [-0.15, -0.1) is 0 Å². The highest BCUT2D eigenvalue weighted by atomic mass is 79.9. The molecule has 1 amide bonds. The van der Waals surface area contributed by atoms with Crippen LogP contribution < -0.4 is 11.1 Å². The largest absolute Gasteiger partial charge is 0.395 e. The van der Waals surface area contributed by atoms with Gasteiger partial charge in [-0.05, 0) is 53.9 Å². The molecule has 0 saturated heterocycles. The van der Waals surface area contributed by atoms with Gasteiger partial charge in [0.15, 0.2) is 5.69 Å². The van der Waals surface area contributed by atoms with Gasteiger partial charge in [-0.3, -0.25) is 9.89 Å². The Hall–Kier alpha value is -1.82. The van der Waals surface area contributed by atoms with Gasteiger partial charge in [0.2, 0.25) is 0 Å². The van der Waals surface area contributed by atoms with Crippen LogP contribution in [0.3, 0.4) is 0 Å². The van der Waals surface area contributed by atoms with Crippen LogP contribution in [0.1, 0.15) is 27.3 Å². The third kappa shape index (κ3) is 2.63. The van der Waals surface area contributed by atoms with Crippen LogP contribution in [0, 0.1) is 20.8 Å². The van der Waals surface area contributed by atoms with Crippen molar-refractivity contribution in [1.29, 1.82) is 0 Å². The Morgan fingerprint density at radius 3 is 2.58 bits per heavy atom. The van der Waals surface area contributed by atoms with Crippen molar-refractivity contribution in [2.75, 3.05) is 11.1 Å². The maximum Gasteiger partial charge on any atom is 0.278 e. The van der Waals surface area contributed by atoms with Crippen molar-refractivity contribution in [3.05, 3.63) is 39.1 Å². The molecular weight excluding hydrogens is 308 g/mol. The van der Waals surface area contributed by atoms with Gasteiger partial charge < -0.3 is 11.1 Å². The van der Waals surface area contributed by atoms with Crippen molar-refractivity contribution in [3.8, 4) is 0 Å². The number of aromatic nitrogens is 2. The first-order valence-electron chi connectivity index (χ1n) is 5.78.